The number of carbonyl (C=O) groups excluding carboxylic acids is 1. The molecule has 2 fully saturated rings. The van der Waals surface area contributed by atoms with Gasteiger partial charge in [-0.2, -0.15) is 4.98 Å². The number of anilines is 1. The van der Waals surface area contributed by atoms with E-state index in [0.29, 0.717) is 41.4 Å². The molecule has 7 nitrogen and oxygen atoms in total. The number of thiazole rings is 1. The molecule has 2 aromatic heterocycles. The molecule has 0 radical (unpaired) electrons. The number of benzene rings is 1. The third-order valence-corrected chi connectivity index (χ3v) is 6.19. The van der Waals surface area contributed by atoms with E-state index in [-0.39, 0.29) is 5.97 Å². The number of hydrogen-bond donors (Lipinski definition) is 1. The Kier molecular flexibility index (Phi) is 4.52. The number of esters is 1. The number of rotatable bonds is 4. The van der Waals surface area contributed by atoms with Crippen LogP contribution in [0.1, 0.15) is 36.5 Å². The van der Waals surface area contributed by atoms with E-state index in [1.807, 2.05) is 5.38 Å². The van der Waals surface area contributed by atoms with Crippen LogP contribution in [0.2, 0.25) is 0 Å². The highest BCUT2D eigenvalue weighted by molar-refractivity contribution is 7.13. The van der Waals surface area contributed by atoms with Gasteiger partial charge in [-0.25, -0.2) is 9.78 Å². The van der Waals surface area contributed by atoms with Gasteiger partial charge in [-0.05, 0) is 31.9 Å². The predicted octanol–water partition coefficient (Wildman–Crippen LogP) is 3.46. The van der Waals surface area contributed by atoms with Gasteiger partial charge in [-0.15, -0.1) is 11.3 Å². The van der Waals surface area contributed by atoms with Crippen molar-refractivity contribution in [2.75, 3.05) is 24.6 Å². The fourth-order valence-corrected chi connectivity index (χ4v) is 4.82. The lowest BCUT2D eigenvalue weighted by Gasteiger charge is -2.41. The second-order valence-corrected chi connectivity index (χ2v) is 8.22. The summed E-state index contributed by atoms with van der Waals surface area (Å²) in [6.45, 7) is 3.91. The average Bonchev–Trinajstić information content (AvgIpc) is 3.37. The number of ether oxygens (including phenoxy) is 1. The first-order valence-electron chi connectivity index (χ1n) is 9.74. The average molecular weight is 398 g/mol. The Balaban J connectivity index is 1.58. The van der Waals surface area contributed by atoms with Crippen LogP contribution in [0.25, 0.3) is 21.7 Å². The Bertz CT molecular complexity index is 988. The maximum Gasteiger partial charge on any atom is 0.338 e. The molecule has 1 N–H and O–H groups in total. The molecule has 2 bridgehead atoms. The van der Waals surface area contributed by atoms with E-state index in [1.54, 1.807) is 25.3 Å². The number of carbonyl (C=O) groups is 1. The van der Waals surface area contributed by atoms with Gasteiger partial charge in [0.1, 0.15) is 10.5 Å². The first-order valence-corrected chi connectivity index (χ1v) is 10.6. The molecule has 0 amide bonds. The number of nitrogens with one attached hydrogen (secondary N) is 1. The van der Waals surface area contributed by atoms with Gasteiger partial charge in [-0.1, -0.05) is 6.42 Å². The molecule has 2 saturated heterocycles. The normalized spacial score (nSPS) is 21.8. The van der Waals surface area contributed by atoms with E-state index in [4.69, 9.17) is 14.1 Å². The van der Waals surface area contributed by atoms with Crippen LogP contribution in [0.15, 0.2) is 28.1 Å². The number of hydrogen-bond acceptors (Lipinski definition) is 8. The van der Waals surface area contributed by atoms with E-state index in [1.165, 1.54) is 30.6 Å². The minimum absolute atomic E-state index is 0.330. The molecule has 0 saturated carbocycles. The molecule has 1 aromatic carbocycles. The molecule has 0 spiro atoms. The molecule has 2 aliphatic heterocycles. The molecule has 146 valence electrons. The molecule has 3 aromatic rings. The lowest BCUT2D eigenvalue weighted by atomic mass is 9.94. The molecule has 2 atom stereocenters. The largest absolute Gasteiger partial charge is 0.462 e. The molecule has 2 unspecified atom stereocenters. The number of piperazine rings is 1. The molecule has 5 rings (SSSR count). The van der Waals surface area contributed by atoms with Crippen molar-refractivity contribution in [3.05, 3.63) is 29.3 Å². The summed E-state index contributed by atoms with van der Waals surface area (Å²) in [6.07, 6.45) is 5.40. The highest BCUT2D eigenvalue weighted by atomic mass is 32.1. The topological polar surface area (TPSA) is 80.5 Å². The second kappa shape index (κ2) is 7.18. The van der Waals surface area contributed by atoms with Crippen molar-refractivity contribution in [3.8, 4) is 10.6 Å². The standard InChI is InChI=1S/C20H22N4O3S/c1-2-26-19(25)12-8-15(18-21-6-7-28-18)17-16(9-12)23-20(27-17)24-10-13-4-3-5-14(11-24)22-13/h6-9,13-14,22H,2-5,10-11H2,1H3. The number of piperidine rings is 1. The molecule has 28 heavy (non-hydrogen) atoms. The summed E-state index contributed by atoms with van der Waals surface area (Å²) in [4.78, 5) is 23.7. The lowest BCUT2D eigenvalue weighted by molar-refractivity contribution is 0.0526. The zero-order valence-corrected chi connectivity index (χ0v) is 16.5. The Morgan fingerprint density at radius 2 is 2.18 bits per heavy atom. The first kappa shape index (κ1) is 17.6. The Morgan fingerprint density at radius 1 is 1.36 bits per heavy atom. The smallest absolute Gasteiger partial charge is 0.338 e. The van der Waals surface area contributed by atoms with Gasteiger partial charge in [0.2, 0.25) is 0 Å². The van der Waals surface area contributed by atoms with Crippen LogP contribution in [0, 0.1) is 0 Å². The molecular weight excluding hydrogens is 376 g/mol. The maximum absolute atomic E-state index is 12.3. The zero-order chi connectivity index (χ0) is 19.1. The van der Waals surface area contributed by atoms with Crippen LogP contribution < -0.4 is 10.2 Å². The quantitative estimate of drug-likeness (QED) is 0.674. The number of nitrogens with zero attached hydrogens (tertiary/aromatic N) is 3. The lowest BCUT2D eigenvalue weighted by Crippen LogP contribution is -2.58. The van der Waals surface area contributed by atoms with Crippen LogP contribution in [-0.2, 0) is 4.74 Å². The summed E-state index contributed by atoms with van der Waals surface area (Å²) in [5.41, 5.74) is 2.58. The Labute approximate surface area is 166 Å². The Hall–Kier alpha value is -2.45. The van der Waals surface area contributed by atoms with Gasteiger partial charge in [0.05, 0.1) is 17.7 Å². The van der Waals surface area contributed by atoms with Gasteiger partial charge in [0, 0.05) is 36.8 Å². The highest BCUT2D eigenvalue weighted by Gasteiger charge is 2.32. The minimum Gasteiger partial charge on any atom is -0.462 e. The van der Waals surface area contributed by atoms with Crippen LogP contribution >= 0.6 is 11.3 Å². The van der Waals surface area contributed by atoms with Gasteiger partial charge >= 0.3 is 5.97 Å². The minimum atomic E-state index is -0.358. The molecule has 0 aliphatic carbocycles. The van der Waals surface area contributed by atoms with Crippen LogP contribution in [0.5, 0.6) is 0 Å². The SMILES string of the molecule is CCOC(=O)c1cc(-c2nccs2)c2oc(N3CC4CCCC(C3)N4)nc2c1. The van der Waals surface area contributed by atoms with Gasteiger partial charge in [0.15, 0.2) is 5.58 Å². The molecule has 8 heteroatoms. The van der Waals surface area contributed by atoms with Crippen molar-refractivity contribution >= 4 is 34.4 Å². The van der Waals surface area contributed by atoms with Crippen LogP contribution in [0.3, 0.4) is 0 Å². The molecule has 2 aliphatic rings. The summed E-state index contributed by atoms with van der Waals surface area (Å²) in [5, 5.41) is 6.39. The van der Waals surface area contributed by atoms with E-state index >= 15 is 0 Å². The van der Waals surface area contributed by atoms with E-state index < -0.39 is 0 Å². The third-order valence-electron chi connectivity index (χ3n) is 5.38. The van der Waals surface area contributed by atoms with Crippen molar-refractivity contribution in [1.29, 1.82) is 0 Å². The van der Waals surface area contributed by atoms with Crippen LogP contribution in [-0.4, -0.2) is 47.7 Å². The van der Waals surface area contributed by atoms with Gasteiger partial charge in [0.25, 0.3) is 6.01 Å². The fraction of sp³-hybridized carbons (Fsp3) is 0.450. The van der Waals surface area contributed by atoms with Crippen molar-refractivity contribution < 1.29 is 13.9 Å². The van der Waals surface area contributed by atoms with Gasteiger partial charge in [-0.3, -0.25) is 0 Å². The summed E-state index contributed by atoms with van der Waals surface area (Å²) in [6, 6.07) is 5.13. The van der Waals surface area contributed by atoms with E-state index in [2.05, 4.69) is 15.2 Å². The summed E-state index contributed by atoms with van der Waals surface area (Å²) < 4.78 is 11.4. The maximum atomic E-state index is 12.3. The zero-order valence-electron chi connectivity index (χ0n) is 15.7. The number of fused-ring (bicyclic) bond motifs is 3. The second-order valence-electron chi connectivity index (χ2n) is 7.32. The van der Waals surface area contributed by atoms with E-state index in [9.17, 15) is 4.79 Å². The first-order chi connectivity index (χ1) is 13.7. The monoisotopic (exact) mass is 398 g/mol. The predicted molar refractivity (Wildman–Crippen MR) is 108 cm³/mol. The van der Waals surface area contributed by atoms with Crippen molar-refractivity contribution in [2.24, 2.45) is 0 Å². The summed E-state index contributed by atoms with van der Waals surface area (Å²) in [5.74, 6) is -0.358. The number of aromatic nitrogens is 2. The van der Waals surface area contributed by atoms with E-state index in [0.717, 1.165) is 23.7 Å². The summed E-state index contributed by atoms with van der Waals surface area (Å²) in [7, 11) is 0. The van der Waals surface area contributed by atoms with Crippen LogP contribution in [0.4, 0.5) is 6.01 Å². The molecule has 4 heterocycles. The molecular formula is C20H22N4O3S. The fourth-order valence-electron chi connectivity index (χ4n) is 4.17. The van der Waals surface area contributed by atoms with Crippen molar-refractivity contribution in [3.63, 3.8) is 0 Å². The Morgan fingerprint density at radius 3 is 2.89 bits per heavy atom. The number of oxazole rings is 1. The van der Waals surface area contributed by atoms with Gasteiger partial charge < -0.3 is 19.4 Å². The van der Waals surface area contributed by atoms with Crippen molar-refractivity contribution in [2.45, 2.75) is 38.3 Å². The third kappa shape index (κ3) is 3.16. The highest BCUT2D eigenvalue weighted by Crippen LogP contribution is 2.35. The van der Waals surface area contributed by atoms with Crippen molar-refractivity contribution in [1.82, 2.24) is 15.3 Å². The summed E-state index contributed by atoms with van der Waals surface area (Å²) >= 11 is 1.51.